The van der Waals surface area contributed by atoms with Gasteiger partial charge < -0.3 is 10.6 Å². The molecule has 3 nitrogen and oxygen atoms in total. The van der Waals surface area contributed by atoms with E-state index < -0.39 is 0 Å². The van der Waals surface area contributed by atoms with E-state index in [0.717, 1.165) is 12.2 Å². The van der Waals surface area contributed by atoms with Crippen LogP contribution in [0.2, 0.25) is 0 Å². The van der Waals surface area contributed by atoms with E-state index in [1.165, 1.54) is 18.4 Å². The highest BCUT2D eigenvalue weighted by atomic mass is 16.2. The third kappa shape index (κ3) is 1.13. The number of fused-ring (bicyclic) bond motifs is 2. The molecule has 1 aromatic carbocycles. The molecule has 2 N–H and O–H groups in total. The Morgan fingerprint density at radius 2 is 2.13 bits per heavy atom. The molecule has 1 heterocycles. The van der Waals surface area contributed by atoms with E-state index in [1.807, 2.05) is 17.0 Å². The van der Waals surface area contributed by atoms with Gasteiger partial charge in [-0.15, -0.1) is 0 Å². The quantitative estimate of drug-likeness (QED) is 0.739. The number of rotatable bonds is 1. The third-order valence-electron chi connectivity index (χ3n) is 3.56. The number of nitrogens with zero attached hydrogens (tertiary/aromatic N) is 1. The Balaban J connectivity index is 2.07. The fraction of sp³-hybridized carbons (Fsp3) is 0.417. The summed E-state index contributed by atoms with van der Waals surface area (Å²) >= 11 is 0. The highest BCUT2D eigenvalue weighted by Crippen LogP contribution is 2.56. The molecule has 1 amide bonds. The summed E-state index contributed by atoms with van der Waals surface area (Å²) in [5, 5.41) is 0. The number of nitrogens with two attached hydrogens (primary N) is 1. The summed E-state index contributed by atoms with van der Waals surface area (Å²) in [5.74, 6) is 0.0335. The monoisotopic (exact) mass is 202 g/mol. The number of amides is 1. The van der Waals surface area contributed by atoms with Gasteiger partial charge in [-0.2, -0.15) is 0 Å². The van der Waals surface area contributed by atoms with Crippen molar-refractivity contribution in [2.24, 2.45) is 5.73 Å². The molecule has 2 aliphatic rings. The lowest BCUT2D eigenvalue weighted by atomic mass is 9.99. The second-order valence-corrected chi connectivity index (χ2v) is 4.48. The first-order valence-corrected chi connectivity index (χ1v) is 5.37. The predicted octanol–water partition coefficient (Wildman–Crippen LogP) is 1.02. The first-order chi connectivity index (χ1) is 7.27. The largest absolute Gasteiger partial charge is 0.322 e. The lowest BCUT2D eigenvalue weighted by molar-refractivity contribution is -0.117. The molecule has 0 atom stereocenters. The second-order valence-electron chi connectivity index (χ2n) is 4.48. The van der Waals surface area contributed by atoms with E-state index in [9.17, 15) is 4.79 Å². The summed E-state index contributed by atoms with van der Waals surface area (Å²) in [6, 6.07) is 8.20. The van der Waals surface area contributed by atoms with Crippen LogP contribution in [-0.2, 0) is 10.2 Å². The highest BCUT2D eigenvalue weighted by Gasteiger charge is 2.52. The van der Waals surface area contributed by atoms with Gasteiger partial charge in [-0.25, -0.2) is 0 Å². The van der Waals surface area contributed by atoms with Crippen molar-refractivity contribution in [1.82, 2.24) is 0 Å². The molecule has 0 aromatic heterocycles. The maximum absolute atomic E-state index is 11.7. The Bertz CT molecular complexity index is 423. The highest BCUT2D eigenvalue weighted by molar-refractivity contribution is 5.97. The molecule has 1 spiro atoms. The zero-order valence-corrected chi connectivity index (χ0v) is 8.57. The lowest BCUT2D eigenvalue weighted by Crippen LogP contribution is -2.36. The maximum atomic E-state index is 11.7. The third-order valence-corrected chi connectivity index (χ3v) is 3.56. The fourth-order valence-electron chi connectivity index (χ4n) is 2.54. The van der Waals surface area contributed by atoms with Gasteiger partial charge in [0.2, 0.25) is 5.91 Å². The molecule has 1 aromatic rings. The van der Waals surface area contributed by atoms with Crippen LogP contribution >= 0.6 is 0 Å². The van der Waals surface area contributed by atoms with Crippen molar-refractivity contribution in [3.05, 3.63) is 29.8 Å². The van der Waals surface area contributed by atoms with E-state index in [2.05, 4.69) is 12.1 Å². The Kier molecular flexibility index (Phi) is 1.68. The fourth-order valence-corrected chi connectivity index (χ4v) is 2.54. The molecule has 1 aliphatic heterocycles. The molecule has 0 unspecified atom stereocenters. The van der Waals surface area contributed by atoms with Crippen LogP contribution in [0.1, 0.15) is 18.4 Å². The van der Waals surface area contributed by atoms with Gasteiger partial charge in [0.1, 0.15) is 0 Å². The first kappa shape index (κ1) is 8.92. The van der Waals surface area contributed by atoms with Crippen LogP contribution in [0.25, 0.3) is 0 Å². The average molecular weight is 202 g/mol. The molecular weight excluding hydrogens is 188 g/mol. The van der Waals surface area contributed by atoms with Crippen LogP contribution < -0.4 is 10.6 Å². The minimum atomic E-state index is 0.0335. The molecule has 15 heavy (non-hydrogen) atoms. The van der Waals surface area contributed by atoms with Crippen molar-refractivity contribution in [3.63, 3.8) is 0 Å². The molecule has 1 saturated carbocycles. The standard InChI is InChI=1S/C12H14N2O/c13-7-11(15)14-8-12(5-6-12)9-3-1-2-4-10(9)14/h1-4H,5-8,13H2. The van der Waals surface area contributed by atoms with Gasteiger partial charge in [-0.05, 0) is 24.5 Å². The molecule has 1 aliphatic carbocycles. The van der Waals surface area contributed by atoms with Gasteiger partial charge in [0.05, 0.1) is 6.54 Å². The van der Waals surface area contributed by atoms with E-state index in [4.69, 9.17) is 5.73 Å². The van der Waals surface area contributed by atoms with Crippen molar-refractivity contribution < 1.29 is 4.79 Å². The molecule has 3 heteroatoms. The lowest BCUT2D eigenvalue weighted by Gasteiger charge is -2.16. The Hall–Kier alpha value is -1.35. The SMILES string of the molecule is NCC(=O)N1CC2(CC2)c2ccccc21. The van der Waals surface area contributed by atoms with Gasteiger partial charge in [-0.1, -0.05) is 18.2 Å². The normalized spacial score (nSPS) is 20.5. The average Bonchev–Trinajstić information content (AvgIpc) is 2.98. The van der Waals surface area contributed by atoms with Crippen LogP contribution in [0, 0.1) is 0 Å². The summed E-state index contributed by atoms with van der Waals surface area (Å²) in [4.78, 5) is 13.5. The van der Waals surface area contributed by atoms with Gasteiger partial charge in [-0.3, -0.25) is 4.79 Å². The van der Waals surface area contributed by atoms with Gasteiger partial charge in [0, 0.05) is 17.6 Å². The first-order valence-electron chi connectivity index (χ1n) is 5.37. The van der Waals surface area contributed by atoms with Gasteiger partial charge in [0.25, 0.3) is 0 Å². The summed E-state index contributed by atoms with van der Waals surface area (Å²) in [6.45, 7) is 0.937. The second kappa shape index (κ2) is 2.83. The number of benzene rings is 1. The zero-order valence-electron chi connectivity index (χ0n) is 8.57. The van der Waals surface area contributed by atoms with E-state index >= 15 is 0 Å². The molecule has 0 saturated heterocycles. The van der Waals surface area contributed by atoms with Crippen LogP contribution in [-0.4, -0.2) is 19.0 Å². The van der Waals surface area contributed by atoms with Crippen LogP contribution in [0.3, 0.4) is 0 Å². The topological polar surface area (TPSA) is 46.3 Å². The summed E-state index contributed by atoms with van der Waals surface area (Å²) in [6.07, 6.45) is 2.41. The number of hydrogen-bond acceptors (Lipinski definition) is 2. The number of carbonyl (C=O) groups is 1. The van der Waals surface area contributed by atoms with Crippen molar-refractivity contribution in [3.8, 4) is 0 Å². The maximum Gasteiger partial charge on any atom is 0.240 e. The number of hydrogen-bond donors (Lipinski definition) is 1. The minimum absolute atomic E-state index is 0.0335. The molecule has 78 valence electrons. The number of para-hydroxylation sites is 1. The van der Waals surface area contributed by atoms with Crippen LogP contribution in [0.15, 0.2) is 24.3 Å². The van der Waals surface area contributed by atoms with Gasteiger partial charge >= 0.3 is 0 Å². The van der Waals surface area contributed by atoms with E-state index in [0.29, 0.717) is 0 Å². The molecule has 1 fully saturated rings. The Morgan fingerprint density at radius 3 is 2.80 bits per heavy atom. The number of anilines is 1. The van der Waals surface area contributed by atoms with E-state index in [-0.39, 0.29) is 17.9 Å². The molecule has 0 radical (unpaired) electrons. The van der Waals surface area contributed by atoms with Gasteiger partial charge in [0.15, 0.2) is 0 Å². The van der Waals surface area contributed by atoms with Crippen molar-refractivity contribution >= 4 is 11.6 Å². The molecule has 0 bridgehead atoms. The molecular formula is C12H14N2O. The Labute approximate surface area is 88.9 Å². The predicted molar refractivity (Wildman–Crippen MR) is 58.8 cm³/mol. The van der Waals surface area contributed by atoms with Crippen molar-refractivity contribution in [1.29, 1.82) is 0 Å². The minimum Gasteiger partial charge on any atom is -0.322 e. The van der Waals surface area contributed by atoms with E-state index in [1.54, 1.807) is 0 Å². The smallest absolute Gasteiger partial charge is 0.240 e. The molecule has 3 rings (SSSR count). The number of carbonyl (C=O) groups excluding carboxylic acids is 1. The van der Waals surface area contributed by atoms with Crippen LogP contribution in [0.4, 0.5) is 5.69 Å². The van der Waals surface area contributed by atoms with Crippen LogP contribution in [0.5, 0.6) is 0 Å². The summed E-state index contributed by atoms with van der Waals surface area (Å²) < 4.78 is 0. The van der Waals surface area contributed by atoms with Crippen molar-refractivity contribution in [2.45, 2.75) is 18.3 Å². The zero-order chi connectivity index (χ0) is 10.5. The summed E-state index contributed by atoms with van der Waals surface area (Å²) in [5.41, 5.74) is 8.12. The summed E-state index contributed by atoms with van der Waals surface area (Å²) in [7, 11) is 0. The van der Waals surface area contributed by atoms with Crippen molar-refractivity contribution in [2.75, 3.05) is 18.0 Å². The Morgan fingerprint density at radius 1 is 1.40 bits per heavy atom.